The van der Waals surface area contributed by atoms with E-state index in [1.54, 1.807) is 31.4 Å². The monoisotopic (exact) mass is 566 g/mol. The predicted octanol–water partition coefficient (Wildman–Crippen LogP) is 4.96. The van der Waals surface area contributed by atoms with E-state index < -0.39 is 12.0 Å². The zero-order chi connectivity index (χ0) is 29.8. The minimum absolute atomic E-state index is 0.154. The van der Waals surface area contributed by atoms with E-state index in [0.717, 1.165) is 28.1 Å². The number of primary amides is 1. The third-order valence-corrected chi connectivity index (χ3v) is 7.35. The lowest BCUT2D eigenvalue weighted by molar-refractivity contribution is 0.100. The molecule has 0 aliphatic carbocycles. The molecule has 5 rings (SSSR count). The standard InChI is InChI=1S/C32H34N6O4/c1-4-24-21(16-34-18(2)29(40)19-8-12-22(39)13-9-19)6-5-7-26(24)36-27-25(30(33)41)17-35-32-28(27)37-31(38-32)20-10-14-23(42-3)15-11-20/h5-15,17-18,29,34,39-40H,4,16H2,1-3H3,(H2,33,41)(H2,35,36,37,38)/t18-,29+/m1/s1. The van der Waals surface area contributed by atoms with E-state index in [1.807, 2.05) is 49.4 Å². The van der Waals surface area contributed by atoms with Crippen LogP contribution >= 0.6 is 0 Å². The van der Waals surface area contributed by atoms with Crippen LogP contribution in [0.25, 0.3) is 22.6 Å². The first kappa shape index (κ1) is 28.6. The highest BCUT2D eigenvalue weighted by Crippen LogP contribution is 2.33. The Morgan fingerprint density at radius 3 is 2.50 bits per heavy atom. The summed E-state index contributed by atoms with van der Waals surface area (Å²) in [7, 11) is 1.61. The van der Waals surface area contributed by atoms with Crippen LogP contribution in [0.2, 0.25) is 0 Å². The van der Waals surface area contributed by atoms with Crippen LogP contribution < -0.4 is 21.1 Å². The number of phenols is 1. The normalized spacial score (nSPS) is 12.7. The van der Waals surface area contributed by atoms with Crippen molar-refractivity contribution in [3.63, 3.8) is 0 Å². The van der Waals surface area contributed by atoms with Crippen LogP contribution in [0.1, 0.15) is 47.0 Å². The number of carbonyl (C=O) groups is 1. The molecule has 0 saturated carbocycles. The average molecular weight is 567 g/mol. The van der Waals surface area contributed by atoms with Gasteiger partial charge in [0, 0.05) is 30.0 Å². The van der Waals surface area contributed by atoms with E-state index in [9.17, 15) is 15.0 Å². The van der Waals surface area contributed by atoms with Crippen LogP contribution in [0, 0.1) is 0 Å². The number of amides is 1. The third kappa shape index (κ3) is 5.90. The van der Waals surface area contributed by atoms with Gasteiger partial charge in [0.05, 0.1) is 24.5 Å². The van der Waals surface area contributed by atoms with Crippen LogP contribution in [0.5, 0.6) is 11.5 Å². The number of nitrogens with zero attached hydrogens (tertiary/aromatic N) is 2. The molecule has 42 heavy (non-hydrogen) atoms. The van der Waals surface area contributed by atoms with E-state index in [-0.39, 0.29) is 17.4 Å². The van der Waals surface area contributed by atoms with Gasteiger partial charge in [0.15, 0.2) is 5.65 Å². The number of aromatic nitrogens is 3. The fourth-order valence-corrected chi connectivity index (χ4v) is 4.96. The third-order valence-electron chi connectivity index (χ3n) is 7.35. The summed E-state index contributed by atoms with van der Waals surface area (Å²) in [6.45, 7) is 4.48. The molecular formula is C32H34N6O4. The van der Waals surface area contributed by atoms with Crippen molar-refractivity contribution in [3.8, 4) is 22.9 Å². The molecule has 0 spiro atoms. The number of imidazole rings is 1. The summed E-state index contributed by atoms with van der Waals surface area (Å²) < 4.78 is 5.26. The Bertz CT molecular complexity index is 1700. The van der Waals surface area contributed by atoms with Crippen molar-refractivity contribution in [2.75, 3.05) is 12.4 Å². The maximum absolute atomic E-state index is 12.4. The summed E-state index contributed by atoms with van der Waals surface area (Å²) in [5.41, 5.74) is 11.9. The smallest absolute Gasteiger partial charge is 0.252 e. The van der Waals surface area contributed by atoms with Crippen molar-refractivity contribution in [3.05, 3.63) is 95.2 Å². The molecule has 5 aromatic rings. The molecule has 0 radical (unpaired) electrons. The predicted molar refractivity (Wildman–Crippen MR) is 163 cm³/mol. The molecule has 7 N–H and O–H groups in total. The number of carbonyl (C=O) groups excluding carboxylic acids is 1. The quantitative estimate of drug-likeness (QED) is 0.131. The topological polar surface area (TPSA) is 158 Å². The second kappa shape index (κ2) is 12.3. The maximum Gasteiger partial charge on any atom is 0.252 e. The van der Waals surface area contributed by atoms with Gasteiger partial charge in [0.25, 0.3) is 5.91 Å². The van der Waals surface area contributed by atoms with E-state index >= 15 is 0 Å². The van der Waals surface area contributed by atoms with Crippen LogP contribution in [0.4, 0.5) is 11.4 Å². The molecule has 1 amide bonds. The molecule has 0 fully saturated rings. The molecule has 0 aliphatic rings. The SMILES string of the molecule is CCc1c(CN[C@H](C)[C@H](O)c2ccc(O)cc2)cccc1Nc1c(C(N)=O)cnc2[nH]c(-c3ccc(OC)cc3)nc12. The van der Waals surface area contributed by atoms with Gasteiger partial charge in [-0.25, -0.2) is 9.97 Å². The fourth-order valence-electron chi connectivity index (χ4n) is 4.96. The van der Waals surface area contributed by atoms with Gasteiger partial charge in [-0.2, -0.15) is 0 Å². The summed E-state index contributed by atoms with van der Waals surface area (Å²) in [5, 5.41) is 27.2. The zero-order valence-corrected chi connectivity index (χ0v) is 23.7. The first-order valence-electron chi connectivity index (χ1n) is 13.7. The molecule has 2 atom stereocenters. The lowest BCUT2D eigenvalue weighted by Gasteiger charge is -2.22. The number of hydrogen-bond acceptors (Lipinski definition) is 8. The number of pyridine rings is 1. The van der Waals surface area contributed by atoms with E-state index in [4.69, 9.17) is 15.5 Å². The fraction of sp³-hybridized carbons (Fsp3) is 0.219. The lowest BCUT2D eigenvalue weighted by atomic mass is 10.00. The average Bonchev–Trinajstić information content (AvgIpc) is 3.45. The van der Waals surface area contributed by atoms with Gasteiger partial charge in [-0.15, -0.1) is 0 Å². The molecule has 0 bridgehead atoms. The molecule has 0 saturated heterocycles. The van der Waals surface area contributed by atoms with Gasteiger partial charge in [-0.1, -0.05) is 31.2 Å². The number of H-pyrrole nitrogens is 1. The maximum atomic E-state index is 12.4. The number of aliphatic hydroxyl groups excluding tert-OH is 1. The number of rotatable bonds is 11. The first-order valence-corrected chi connectivity index (χ1v) is 13.7. The molecule has 3 aromatic carbocycles. The minimum Gasteiger partial charge on any atom is -0.508 e. The number of fused-ring (bicyclic) bond motifs is 1. The summed E-state index contributed by atoms with van der Waals surface area (Å²) in [6, 6.07) is 19.7. The highest BCUT2D eigenvalue weighted by Gasteiger charge is 2.20. The number of aromatic amines is 1. The first-order chi connectivity index (χ1) is 20.3. The number of nitrogens with one attached hydrogen (secondary N) is 3. The molecule has 10 heteroatoms. The molecule has 2 aromatic heterocycles. The Morgan fingerprint density at radius 2 is 1.83 bits per heavy atom. The Hall–Kier alpha value is -4.93. The second-order valence-electron chi connectivity index (χ2n) is 10.0. The van der Waals surface area contributed by atoms with Crippen LogP contribution in [0.3, 0.4) is 0 Å². The van der Waals surface area contributed by atoms with Crippen LogP contribution in [-0.4, -0.2) is 44.2 Å². The van der Waals surface area contributed by atoms with E-state index in [1.165, 1.54) is 6.20 Å². The van der Waals surface area contributed by atoms with Gasteiger partial charge in [-0.05, 0) is 72.5 Å². The van der Waals surface area contributed by atoms with Crippen molar-refractivity contribution in [2.45, 2.75) is 39.0 Å². The molecule has 216 valence electrons. The lowest BCUT2D eigenvalue weighted by Crippen LogP contribution is -2.32. The Labute approximate surface area is 243 Å². The number of hydrogen-bond donors (Lipinski definition) is 6. The van der Waals surface area contributed by atoms with Crippen molar-refractivity contribution in [1.29, 1.82) is 0 Å². The van der Waals surface area contributed by atoms with Crippen molar-refractivity contribution >= 4 is 28.4 Å². The van der Waals surface area contributed by atoms with E-state index in [0.29, 0.717) is 41.2 Å². The Kier molecular flexibility index (Phi) is 8.37. The largest absolute Gasteiger partial charge is 0.508 e. The Morgan fingerprint density at radius 1 is 1.10 bits per heavy atom. The zero-order valence-electron chi connectivity index (χ0n) is 23.7. The number of benzene rings is 3. The number of methoxy groups -OCH3 is 1. The van der Waals surface area contributed by atoms with Crippen molar-refractivity contribution in [2.24, 2.45) is 5.73 Å². The number of phenolic OH excluding ortho intramolecular Hbond substituents is 1. The molecule has 0 aliphatic heterocycles. The number of nitrogens with two attached hydrogens (primary N) is 1. The highest BCUT2D eigenvalue weighted by molar-refractivity contribution is 6.06. The number of aliphatic hydroxyl groups is 1. The van der Waals surface area contributed by atoms with Gasteiger partial charge in [0.2, 0.25) is 0 Å². The van der Waals surface area contributed by atoms with Gasteiger partial charge in [0.1, 0.15) is 22.8 Å². The number of aromatic hydroxyl groups is 1. The van der Waals surface area contributed by atoms with E-state index in [2.05, 4.69) is 27.5 Å². The number of anilines is 2. The summed E-state index contributed by atoms with van der Waals surface area (Å²) in [4.78, 5) is 24.9. The summed E-state index contributed by atoms with van der Waals surface area (Å²) in [6.07, 6.45) is 1.42. The molecule has 10 nitrogen and oxygen atoms in total. The molecule has 2 heterocycles. The van der Waals surface area contributed by atoms with Gasteiger partial charge in [-0.3, -0.25) is 4.79 Å². The summed E-state index contributed by atoms with van der Waals surface area (Å²) >= 11 is 0. The highest BCUT2D eigenvalue weighted by atomic mass is 16.5. The molecular weight excluding hydrogens is 532 g/mol. The second-order valence-corrected chi connectivity index (χ2v) is 10.0. The molecule has 0 unspecified atom stereocenters. The minimum atomic E-state index is -0.750. The van der Waals surface area contributed by atoms with Crippen molar-refractivity contribution in [1.82, 2.24) is 20.3 Å². The Balaban J connectivity index is 1.44. The van der Waals surface area contributed by atoms with Crippen LogP contribution in [0.15, 0.2) is 72.9 Å². The summed E-state index contributed by atoms with van der Waals surface area (Å²) in [5.74, 6) is 0.867. The van der Waals surface area contributed by atoms with Crippen LogP contribution in [-0.2, 0) is 13.0 Å². The van der Waals surface area contributed by atoms with Crippen molar-refractivity contribution < 1.29 is 19.7 Å². The van der Waals surface area contributed by atoms with Gasteiger partial charge >= 0.3 is 0 Å². The number of ether oxygens (including phenoxy) is 1. The van der Waals surface area contributed by atoms with Gasteiger partial charge < -0.3 is 36.3 Å².